The summed E-state index contributed by atoms with van der Waals surface area (Å²) in [6, 6.07) is -4.63. The van der Waals surface area contributed by atoms with Crippen LogP contribution in [0.5, 0.6) is 0 Å². The Hall–Kier alpha value is -3.95. The summed E-state index contributed by atoms with van der Waals surface area (Å²) in [4.78, 5) is 76.1. The molecule has 0 aliphatic rings. The number of rotatable bonds is 17. The number of nitrogens with two attached hydrogens (primary N) is 3. The SMILES string of the molecule is CC(C)[C@H](NC(=O)[C@H](CCCN=C(N)N)NC(=O)[C@H](CCC(=O)O)NC(=O)[C@H](C)N)C(=O)NCC(=O)O. The lowest BCUT2D eigenvalue weighted by molar-refractivity contribution is -0.139. The van der Waals surface area contributed by atoms with E-state index in [4.69, 9.17) is 27.4 Å². The van der Waals surface area contributed by atoms with Crippen molar-refractivity contribution in [3.8, 4) is 0 Å². The van der Waals surface area contributed by atoms with Gasteiger partial charge in [-0.2, -0.15) is 0 Å². The van der Waals surface area contributed by atoms with Gasteiger partial charge in [-0.1, -0.05) is 13.8 Å². The van der Waals surface area contributed by atoms with Gasteiger partial charge in [0.1, 0.15) is 24.7 Å². The molecule has 4 atom stereocenters. The van der Waals surface area contributed by atoms with Gasteiger partial charge in [0.05, 0.1) is 6.04 Å². The summed E-state index contributed by atoms with van der Waals surface area (Å²) in [7, 11) is 0. The van der Waals surface area contributed by atoms with Crippen LogP contribution in [0.25, 0.3) is 0 Å². The molecular weight excluding hydrogens is 492 g/mol. The fourth-order valence-corrected chi connectivity index (χ4v) is 2.95. The van der Waals surface area contributed by atoms with E-state index < -0.39 is 78.6 Å². The predicted octanol–water partition coefficient (Wildman–Crippen LogP) is -3.44. The van der Waals surface area contributed by atoms with Crippen molar-refractivity contribution in [1.82, 2.24) is 21.3 Å². The van der Waals surface area contributed by atoms with Gasteiger partial charge >= 0.3 is 11.9 Å². The molecule has 0 fully saturated rings. The second-order valence-corrected chi connectivity index (χ2v) is 8.63. The number of carbonyl (C=O) groups is 6. The van der Waals surface area contributed by atoms with Crippen molar-refractivity contribution < 1.29 is 39.0 Å². The Morgan fingerprint density at radius 1 is 0.784 bits per heavy atom. The van der Waals surface area contributed by atoms with Gasteiger partial charge in [0, 0.05) is 13.0 Å². The molecule has 0 aromatic rings. The van der Waals surface area contributed by atoms with Crippen LogP contribution in [0.1, 0.15) is 46.5 Å². The van der Waals surface area contributed by atoms with Crippen molar-refractivity contribution in [3.05, 3.63) is 0 Å². The van der Waals surface area contributed by atoms with Crippen molar-refractivity contribution in [2.24, 2.45) is 28.1 Å². The number of hydrogen-bond acceptors (Lipinski definition) is 8. The lowest BCUT2D eigenvalue weighted by Crippen LogP contribution is -2.58. The average Bonchev–Trinajstić information content (AvgIpc) is 2.79. The van der Waals surface area contributed by atoms with Crippen LogP contribution >= 0.6 is 0 Å². The number of carbonyl (C=O) groups excluding carboxylic acids is 4. The summed E-state index contributed by atoms with van der Waals surface area (Å²) in [5, 5.41) is 27.3. The molecule has 0 aromatic heterocycles. The van der Waals surface area contributed by atoms with Crippen LogP contribution in [0.2, 0.25) is 0 Å². The quantitative estimate of drug-likeness (QED) is 0.0506. The summed E-state index contributed by atoms with van der Waals surface area (Å²) in [6.45, 7) is 4.11. The maximum absolute atomic E-state index is 13.1. The molecule has 37 heavy (non-hydrogen) atoms. The van der Waals surface area contributed by atoms with Gasteiger partial charge < -0.3 is 48.7 Å². The molecule has 0 radical (unpaired) electrons. The first-order chi connectivity index (χ1) is 17.1. The van der Waals surface area contributed by atoms with Crippen LogP contribution in [0.3, 0.4) is 0 Å². The number of amides is 4. The zero-order chi connectivity index (χ0) is 28.7. The first-order valence-electron chi connectivity index (χ1n) is 11.6. The molecule has 0 unspecified atom stereocenters. The predicted molar refractivity (Wildman–Crippen MR) is 132 cm³/mol. The summed E-state index contributed by atoms with van der Waals surface area (Å²) in [5.41, 5.74) is 16.1. The number of guanidine groups is 1. The van der Waals surface area contributed by atoms with Crippen LogP contribution in [-0.4, -0.2) is 89.0 Å². The van der Waals surface area contributed by atoms with Crippen LogP contribution in [0, 0.1) is 5.92 Å². The summed E-state index contributed by atoms with van der Waals surface area (Å²) in [6.07, 6.45) is -0.464. The van der Waals surface area contributed by atoms with Gasteiger partial charge in [0.2, 0.25) is 23.6 Å². The third-order valence-corrected chi connectivity index (χ3v) is 4.93. The molecule has 0 saturated carbocycles. The Morgan fingerprint density at radius 2 is 1.32 bits per heavy atom. The number of hydrogen-bond donors (Lipinski definition) is 9. The van der Waals surface area contributed by atoms with E-state index >= 15 is 0 Å². The lowest BCUT2D eigenvalue weighted by atomic mass is 10.0. The third-order valence-electron chi connectivity index (χ3n) is 4.93. The van der Waals surface area contributed by atoms with E-state index in [9.17, 15) is 28.8 Å². The first-order valence-corrected chi connectivity index (χ1v) is 11.6. The largest absolute Gasteiger partial charge is 0.481 e. The van der Waals surface area contributed by atoms with Gasteiger partial charge in [0.15, 0.2) is 5.96 Å². The summed E-state index contributed by atoms with van der Waals surface area (Å²) < 4.78 is 0. The molecule has 0 aliphatic carbocycles. The third kappa shape index (κ3) is 14.3. The van der Waals surface area contributed by atoms with E-state index in [1.165, 1.54) is 6.92 Å². The van der Waals surface area contributed by atoms with Gasteiger partial charge in [-0.05, 0) is 32.1 Å². The van der Waals surface area contributed by atoms with E-state index in [0.29, 0.717) is 0 Å². The lowest BCUT2D eigenvalue weighted by Gasteiger charge is -2.26. The van der Waals surface area contributed by atoms with Crippen molar-refractivity contribution in [2.75, 3.05) is 13.1 Å². The fourth-order valence-electron chi connectivity index (χ4n) is 2.95. The zero-order valence-corrected chi connectivity index (χ0v) is 21.2. The highest BCUT2D eigenvalue weighted by molar-refractivity contribution is 5.95. The number of carboxylic acid groups (broad SMARTS) is 2. The van der Waals surface area contributed by atoms with Crippen molar-refractivity contribution in [3.63, 3.8) is 0 Å². The monoisotopic (exact) mass is 530 g/mol. The molecule has 0 bridgehead atoms. The van der Waals surface area contributed by atoms with Gasteiger partial charge in [-0.3, -0.25) is 33.8 Å². The minimum atomic E-state index is -1.30. The van der Waals surface area contributed by atoms with Crippen molar-refractivity contribution >= 4 is 41.5 Å². The maximum atomic E-state index is 13.1. The fraction of sp³-hybridized carbons (Fsp3) is 0.667. The second-order valence-electron chi connectivity index (χ2n) is 8.63. The Morgan fingerprint density at radius 3 is 1.81 bits per heavy atom. The van der Waals surface area contributed by atoms with Gasteiger partial charge in [-0.15, -0.1) is 0 Å². The molecule has 0 aliphatic heterocycles. The zero-order valence-electron chi connectivity index (χ0n) is 21.2. The minimum absolute atomic E-state index is 0.0167. The Balaban J connectivity index is 5.73. The maximum Gasteiger partial charge on any atom is 0.322 e. The smallest absolute Gasteiger partial charge is 0.322 e. The Bertz CT molecular complexity index is 857. The molecule has 0 saturated heterocycles. The number of nitrogens with one attached hydrogen (secondary N) is 4. The van der Waals surface area contributed by atoms with E-state index in [-0.39, 0.29) is 31.8 Å². The molecule has 0 rings (SSSR count). The van der Waals surface area contributed by atoms with Crippen molar-refractivity contribution in [2.45, 2.75) is 70.6 Å². The van der Waals surface area contributed by atoms with E-state index in [2.05, 4.69) is 26.3 Å². The topological polar surface area (TPSA) is 281 Å². The Labute approximate surface area is 214 Å². The number of carboxylic acids is 2. The van der Waals surface area contributed by atoms with E-state index in [1.807, 2.05) is 0 Å². The van der Waals surface area contributed by atoms with Crippen LogP contribution < -0.4 is 38.5 Å². The normalized spacial score (nSPS) is 13.9. The van der Waals surface area contributed by atoms with Crippen LogP contribution in [0.4, 0.5) is 0 Å². The molecule has 16 heteroatoms. The van der Waals surface area contributed by atoms with Crippen LogP contribution in [-0.2, 0) is 28.8 Å². The molecule has 0 spiro atoms. The number of aliphatic imine (C=N–C) groups is 1. The number of nitrogens with zero attached hydrogens (tertiary/aromatic N) is 1. The first kappa shape index (κ1) is 33.0. The highest BCUT2D eigenvalue weighted by Crippen LogP contribution is 2.07. The van der Waals surface area contributed by atoms with Crippen LogP contribution in [0.15, 0.2) is 4.99 Å². The van der Waals surface area contributed by atoms with Gasteiger partial charge in [-0.25, -0.2) is 0 Å². The highest BCUT2D eigenvalue weighted by atomic mass is 16.4. The van der Waals surface area contributed by atoms with E-state index in [0.717, 1.165) is 0 Å². The average molecular weight is 531 g/mol. The molecule has 210 valence electrons. The van der Waals surface area contributed by atoms with Gasteiger partial charge in [0.25, 0.3) is 0 Å². The highest BCUT2D eigenvalue weighted by Gasteiger charge is 2.31. The molecule has 0 heterocycles. The standard InChI is InChI=1S/C21H38N8O8/c1-10(2)16(20(37)26-9-15(32)33)29-19(36)12(5-4-8-25-21(23)24)28-18(35)13(6-7-14(30)31)27-17(34)11(3)22/h10-13,16H,4-9,22H2,1-3H3,(H,26,37)(H,27,34)(H,28,35)(H,29,36)(H,30,31)(H,32,33)(H4,23,24,25)/t11-,12-,13-,16-/m0/s1. The summed E-state index contributed by atoms with van der Waals surface area (Å²) in [5.74, 6) is -6.13. The summed E-state index contributed by atoms with van der Waals surface area (Å²) >= 11 is 0. The second kappa shape index (κ2) is 16.7. The number of aliphatic carboxylic acids is 2. The minimum Gasteiger partial charge on any atom is -0.481 e. The van der Waals surface area contributed by atoms with E-state index in [1.54, 1.807) is 13.8 Å². The molecule has 0 aromatic carbocycles. The molecule has 16 nitrogen and oxygen atoms in total. The van der Waals surface area contributed by atoms with Crippen molar-refractivity contribution in [1.29, 1.82) is 0 Å². The molecular formula is C21H38N8O8. The Kier molecular flexibility index (Phi) is 14.9. The molecule has 4 amide bonds. The molecule has 12 N–H and O–H groups in total.